The summed E-state index contributed by atoms with van der Waals surface area (Å²) in [5, 5.41) is 7.32. The van der Waals surface area contributed by atoms with Gasteiger partial charge in [0.05, 0.1) is 0 Å². The molecular formula is C19H20N4O. The Morgan fingerprint density at radius 1 is 1.17 bits per heavy atom. The zero-order chi connectivity index (χ0) is 16.4. The van der Waals surface area contributed by atoms with Gasteiger partial charge in [-0.2, -0.15) is 4.98 Å². The van der Waals surface area contributed by atoms with Gasteiger partial charge in [0.25, 0.3) is 5.89 Å². The summed E-state index contributed by atoms with van der Waals surface area (Å²) in [6.07, 6.45) is 5.41. The van der Waals surface area contributed by atoms with Gasteiger partial charge in [-0.15, -0.1) is 0 Å². The second kappa shape index (κ2) is 6.07. The Kier molecular flexibility index (Phi) is 3.76. The summed E-state index contributed by atoms with van der Waals surface area (Å²) < 4.78 is 5.23. The van der Waals surface area contributed by atoms with E-state index in [9.17, 15) is 0 Å². The van der Waals surface area contributed by atoms with Crippen LogP contribution in [0.2, 0.25) is 0 Å². The van der Waals surface area contributed by atoms with Crippen LogP contribution in [-0.4, -0.2) is 21.7 Å². The molecule has 0 unspecified atom stereocenters. The molecule has 1 N–H and O–H groups in total. The van der Waals surface area contributed by atoms with Crippen LogP contribution < -0.4 is 5.32 Å². The number of aryl methyl sites for hydroxylation is 1. The summed E-state index contributed by atoms with van der Waals surface area (Å²) in [6, 6.07) is 14.5. The number of benzene rings is 1. The van der Waals surface area contributed by atoms with Gasteiger partial charge in [-0.1, -0.05) is 35.5 Å². The van der Waals surface area contributed by atoms with E-state index in [1.807, 2.05) is 19.1 Å². The summed E-state index contributed by atoms with van der Waals surface area (Å²) in [5.41, 5.74) is 2.65. The summed E-state index contributed by atoms with van der Waals surface area (Å²) in [7, 11) is 0. The Morgan fingerprint density at radius 2 is 2.00 bits per heavy atom. The number of aromatic nitrogens is 3. The van der Waals surface area contributed by atoms with Crippen LogP contribution in [0.5, 0.6) is 0 Å². The van der Waals surface area contributed by atoms with Crippen molar-refractivity contribution >= 4 is 5.82 Å². The maximum atomic E-state index is 5.23. The van der Waals surface area contributed by atoms with Crippen molar-refractivity contribution in [2.45, 2.75) is 26.2 Å². The van der Waals surface area contributed by atoms with E-state index in [1.54, 1.807) is 6.20 Å². The Balaban J connectivity index is 1.43. The SMILES string of the molecule is Cc1noc(-c2ccnc(NCC3(Cc4ccccc4)CC3)c2)n1. The molecule has 4 rings (SSSR count). The van der Waals surface area contributed by atoms with Crippen molar-refractivity contribution in [3.63, 3.8) is 0 Å². The third-order valence-corrected chi connectivity index (χ3v) is 4.56. The standard InChI is InChI=1S/C19H20N4O/c1-14-22-18(24-23-14)16-7-10-20-17(11-16)21-13-19(8-9-19)12-15-5-3-2-4-6-15/h2-7,10-11H,8-9,12-13H2,1H3,(H,20,21). The quantitative estimate of drug-likeness (QED) is 0.747. The van der Waals surface area contributed by atoms with Crippen molar-refractivity contribution in [3.8, 4) is 11.5 Å². The molecule has 0 amide bonds. The van der Waals surface area contributed by atoms with Gasteiger partial charge in [-0.05, 0) is 49.3 Å². The molecule has 1 fully saturated rings. The number of anilines is 1. The van der Waals surface area contributed by atoms with Crippen molar-refractivity contribution < 1.29 is 4.52 Å². The first kappa shape index (κ1) is 14.9. The first-order valence-electron chi connectivity index (χ1n) is 8.27. The lowest BCUT2D eigenvalue weighted by molar-refractivity contribution is 0.425. The van der Waals surface area contributed by atoms with E-state index in [0.29, 0.717) is 17.1 Å². The molecule has 0 radical (unpaired) electrons. The summed E-state index contributed by atoms with van der Waals surface area (Å²) in [6.45, 7) is 2.75. The molecule has 122 valence electrons. The fourth-order valence-electron chi connectivity index (χ4n) is 2.97. The molecule has 0 spiro atoms. The smallest absolute Gasteiger partial charge is 0.258 e. The minimum absolute atomic E-state index is 0.361. The van der Waals surface area contributed by atoms with Crippen molar-refractivity contribution in [1.29, 1.82) is 0 Å². The predicted octanol–water partition coefficient (Wildman–Crippen LogP) is 3.87. The van der Waals surface area contributed by atoms with Crippen molar-refractivity contribution in [1.82, 2.24) is 15.1 Å². The summed E-state index contributed by atoms with van der Waals surface area (Å²) >= 11 is 0. The van der Waals surface area contributed by atoms with Crippen LogP contribution in [0.1, 0.15) is 24.2 Å². The van der Waals surface area contributed by atoms with Gasteiger partial charge in [0, 0.05) is 18.3 Å². The Labute approximate surface area is 141 Å². The average Bonchev–Trinajstić information content (AvgIpc) is 3.24. The molecule has 1 saturated carbocycles. The van der Waals surface area contributed by atoms with Crippen LogP contribution in [0, 0.1) is 12.3 Å². The molecule has 5 heteroatoms. The summed E-state index contributed by atoms with van der Waals surface area (Å²) in [5.74, 6) is 2.02. The van der Waals surface area contributed by atoms with Gasteiger partial charge < -0.3 is 9.84 Å². The highest BCUT2D eigenvalue weighted by atomic mass is 16.5. The van der Waals surface area contributed by atoms with E-state index in [1.165, 1.54) is 18.4 Å². The van der Waals surface area contributed by atoms with E-state index < -0.39 is 0 Å². The molecule has 0 saturated heterocycles. The molecule has 1 aromatic carbocycles. The van der Waals surface area contributed by atoms with Crippen molar-refractivity contribution in [2.75, 3.05) is 11.9 Å². The van der Waals surface area contributed by atoms with Crippen LogP contribution >= 0.6 is 0 Å². The summed E-state index contributed by atoms with van der Waals surface area (Å²) in [4.78, 5) is 8.67. The number of nitrogens with one attached hydrogen (secondary N) is 1. The Hall–Kier alpha value is -2.69. The Bertz CT molecular complexity index is 824. The molecule has 3 aromatic rings. The van der Waals surface area contributed by atoms with E-state index in [0.717, 1.165) is 24.3 Å². The molecule has 1 aliphatic rings. The number of pyridine rings is 1. The molecule has 0 atom stereocenters. The maximum Gasteiger partial charge on any atom is 0.258 e. The van der Waals surface area contributed by atoms with E-state index >= 15 is 0 Å². The van der Waals surface area contributed by atoms with Crippen molar-refractivity contribution in [3.05, 3.63) is 60.0 Å². The van der Waals surface area contributed by atoms with E-state index in [4.69, 9.17) is 4.52 Å². The van der Waals surface area contributed by atoms with Crippen LogP contribution in [0.3, 0.4) is 0 Å². The second-order valence-corrected chi connectivity index (χ2v) is 6.59. The van der Waals surface area contributed by atoms with Gasteiger partial charge in [-0.3, -0.25) is 0 Å². The van der Waals surface area contributed by atoms with E-state index in [-0.39, 0.29) is 0 Å². The fourth-order valence-corrected chi connectivity index (χ4v) is 2.97. The highest BCUT2D eigenvalue weighted by Gasteiger charge is 2.42. The molecule has 24 heavy (non-hydrogen) atoms. The molecule has 1 aliphatic carbocycles. The largest absolute Gasteiger partial charge is 0.369 e. The van der Waals surface area contributed by atoms with Crippen LogP contribution in [0.15, 0.2) is 53.2 Å². The van der Waals surface area contributed by atoms with Gasteiger partial charge in [-0.25, -0.2) is 4.98 Å². The van der Waals surface area contributed by atoms with Gasteiger partial charge in [0.2, 0.25) is 0 Å². The normalized spacial score (nSPS) is 15.2. The zero-order valence-corrected chi connectivity index (χ0v) is 13.7. The molecule has 2 aromatic heterocycles. The lowest BCUT2D eigenvalue weighted by atomic mass is 9.96. The van der Waals surface area contributed by atoms with Gasteiger partial charge in [0.1, 0.15) is 5.82 Å². The third kappa shape index (κ3) is 3.30. The predicted molar refractivity (Wildman–Crippen MR) is 92.6 cm³/mol. The van der Waals surface area contributed by atoms with Crippen molar-refractivity contribution in [2.24, 2.45) is 5.41 Å². The highest BCUT2D eigenvalue weighted by Crippen LogP contribution is 2.48. The van der Waals surface area contributed by atoms with Crippen LogP contribution in [0.25, 0.3) is 11.5 Å². The molecule has 5 nitrogen and oxygen atoms in total. The topological polar surface area (TPSA) is 63.8 Å². The number of hydrogen-bond acceptors (Lipinski definition) is 5. The third-order valence-electron chi connectivity index (χ3n) is 4.56. The highest BCUT2D eigenvalue weighted by molar-refractivity contribution is 5.57. The molecular weight excluding hydrogens is 300 g/mol. The van der Waals surface area contributed by atoms with E-state index in [2.05, 4.69) is 50.8 Å². The average molecular weight is 320 g/mol. The minimum atomic E-state index is 0.361. The minimum Gasteiger partial charge on any atom is -0.369 e. The monoisotopic (exact) mass is 320 g/mol. The Morgan fingerprint density at radius 3 is 2.71 bits per heavy atom. The maximum absolute atomic E-state index is 5.23. The first-order valence-corrected chi connectivity index (χ1v) is 8.27. The number of nitrogens with zero attached hydrogens (tertiary/aromatic N) is 3. The molecule has 2 heterocycles. The van der Waals surface area contributed by atoms with Crippen LogP contribution in [0.4, 0.5) is 5.82 Å². The van der Waals surface area contributed by atoms with Crippen LogP contribution in [-0.2, 0) is 6.42 Å². The fraction of sp³-hybridized carbons (Fsp3) is 0.316. The number of hydrogen-bond donors (Lipinski definition) is 1. The molecule has 0 aliphatic heterocycles. The van der Waals surface area contributed by atoms with Gasteiger partial charge >= 0.3 is 0 Å². The number of rotatable bonds is 6. The first-order chi connectivity index (χ1) is 11.7. The lowest BCUT2D eigenvalue weighted by Gasteiger charge is -2.16. The molecule has 0 bridgehead atoms. The zero-order valence-electron chi connectivity index (χ0n) is 13.7. The second-order valence-electron chi connectivity index (χ2n) is 6.59. The lowest BCUT2D eigenvalue weighted by Crippen LogP contribution is -2.18. The van der Waals surface area contributed by atoms with Gasteiger partial charge in [0.15, 0.2) is 5.82 Å².